The Labute approximate surface area is 176 Å². The molecular weight excluding hydrogens is 466 g/mol. The van der Waals surface area contributed by atoms with Crippen molar-refractivity contribution in [3.63, 3.8) is 0 Å². The highest BCUT2D eigenvalue weighted by atomic mass is 127. The minimum absolute atomic E-state index is 0. The number of nitrogens with one attached hydrogen (secondary N) is 3. The van der Waals surface area contributed by atoms with Gasteiger partial charge >= 0.3 is 0 Å². The Morgan fingerprint density at radius 1 is 1.31 bits per heavy atom. The van der Waals surface area contributed by atoms with Crippen molar-refractivity contribution < 1.29 is 9.18 Å². The van der Waals surface area contributed by atoms with E-state index in [4.69, 9.17) is 0 Å². The zero-order valence-electron chi connectivity index (χ0n) is 15.1. The smallest absolute Gasteiger partial charge is 0.224 e. The monoisotopic (exact) mass is 494 g/mol. The first kappa shape index (κ1) is 23.0. The quantitative estimate of drug-likeness (QED) is 0.225. The molecule has 0 bridgehead atoms. The van der Waals surface area contributed by atoms with Crippen LogP contribution in [-0.4, -0.2) is 49.0 Å². The van der Waals surface area contributed by atoms with Crippen LogP contribution in [0.2, 0.25) is 0 Å². The second kappa shape index (κ2) is 13.2. The summed E-state index contributed by atoms with van der Waals surface area (Å²) in [6.07, 6.45) is 2.71. The van der Waals surface area contributed by atoms with Crippen LogP contribution in [0, 0.1) is 5.82 Å². The number of aliphatic imine (C=N–C) groups is 1. The summed E-state index contributed by atoms with van der Waals surface area (Å²) in [7, 11) is 0. The van der Waals surface area contributed by atoms with E-state index >= 15 is 0 Å². The second-order valence-electron chi connectivity index (χ2n) is 5.94. The van der Waals surface area contributed by atoms with Gasteiger partial charge in [0, 0.05) is 24.9 Å². The molecule has 1 aromatic rings. The van der Waals surface area contributed by atoms with Gasteiger partial charge in [0.15, 0.2) is 5.96 Å². The van der Waals surface area contributed by atoms with Crippen molar-refractivity contribution in [1.29, 1.82) is 0 Å². The van der Waals surface area contributed by atoms with Gasteiger partial charge in [-0.15, -0.1) is 24.0 Å². The van der Waals surface area contributed by atoms with Crippen molar-refractivity contribution in [3.8, 4) is 0 Å². The van der Waals surface area contributed by atoms with E-state index in [0.717, 1.165) is 19.0 Å². The molecule has 0 aromatic heterocycles. The lowest BCUT2D eigenvalue weighted by Crippen LogP contribution is -2.42. The number of amides is 1. The molecule has 1 fully saturated rings. The fourth-order valence-corrected chi connectivity index (χ4v) is 3.78. The molecule has 0 radical (unpaired) electrons. The summed E-state index contributed by atoms with van der Waals surface area (Å²) in [5.74, 6) is 1.59. The summed E-state index contributed by atoms with van der Waals surface area (Å²) in [6, 6.07) is 6.12. The average Bonchev–Trinajstić information content (AvgIpc) is 3.10. The van der Waals surface area contributed by atoms with Crippen molar-refractivity contribution in [2.24, 2.45) is 4.99 Å². The molecule has 5 nitrogen and oxygen atoms in total. The number of thioether (sulfide) groups is 1. The Hall–Kier alpha value is -1.03. The number of carbonyl (C=O) groups is 1. The van der Waals surface area contributed by atoms with E-state index in [2.05, 4.69) is 20.9 Å². The van der Waals surface area contributed by atoms with Crippen molar-refractivity contribution in [1.82, 2.24) is 16.0 Å². The maximum Gasteiger partial charge on any atom is 0.224 e. The zero-order chi connectivity index (χ0) is 17.9. The van der Waals surface area contributed by atoms with Gasteiger partial charge in [-0.3, -0.25) is 9.79 Å². The first-order valence-electron chi connectivity index (χ1n) is 8.82. The summed E-state index contributed by atoms with van der Waals surface area (Å²) in [6.45, 7) is 4.75. The molecule has 1 saturated heterocycles. The van der Waals surface area contributed by atoms with Gasteiger partial charge in [-0.25, -0.2) is 4.39 Å². The normalized spacial score (nSPS) is 16.7. The third kappa shape index (κ3) is 9.07. The van der Waals surface area contributed by atoms with E-state index in [9.17, 15) is 9.18 Å². The molecule has 1 aliphatic rings. The van der Waals surface area contributed by atoms with Gasteiger partial charge in [-0.05, 0) is 43.2 Å². The van der Waals surface area contributed by atoms with E-state index in [1.807, 2.05) is 18.7 Å². The Morgan fingerprint density at radius 2 is 2.12 bits per heavy atom. The summed E-state index contributed by atoms with van der Waals surface area (Å²) in [5.41, 5.74) is 0.675. The van der Waals surface area contributed by atoms with Crippen LogP contribution in [0.3, 0.4) is 0 Å². The Balaban J connectivity index is 0.00000338. The lowest BCUT2D eigenvalue weighted by molar-refractivity contribution is -0.120. The van der Waals surface area contributed by atoms with Crippen molar-refractivity contribution >= 4 is 47.6 Å². The highest BCUT2D eigenvalue weighted by Gasteiger charge is 2.14. The largest absolute Gasteiger partial charge is 0.357 e. The number of halogens is 2. The fourth-order valence-electron chi connectivity index (χ4n) is 2.60. The maximum atomic E-state index is 13.1. The van der Waals surface area contributed by atoms with Crippen LogP contribution in [0.5, 0.6) is 0 Å². The Kier molecular flexibility index (Phi) is 11.7. The predicted molar refractivity (Wildman–Crippen MR) is 118 cm³/mol. The molecule has 2 rings (SSSR count). The van der Waals surface area contributed by atoms with Crippen molar-refractivity contribution in [3.05, 3.63) is 35.6 Å². The van der Waals surface area contributed by atoms with Gasteiger partial charge in [0.05, 0.1) is 13.0 Å². The minimum atomic E-state index is -0.320. The molecule has 1 atom stereocenters. The summed E-state index contributed by atoms with van der Waals surface area (Å²) in [4.78, 5) is 16.5. The molecule has 26 heavy (non-hydrogen) atoms. The van der Waals surface area contributed by atoms with Crippen molar-refractivity contribution in [2.75, 3.05) is 31.9 Å². The summed E-state index contributed by atoms with van der Waals surface area (Å²) in [5, 5.41) is 9.90. The first-order chi connectivity index (χ1) is 12.2. The van der Waals surface area contributed by atoms with Crippen molar-refractivity contribution in [2.45, 2.75) is 31.4 Å². The highest BCUT2D eigenvalue weighted by Crippen LogP contribution is 2.25. The summed E-state index contributed by atoms with van der Waals surface area (Å²) >= 11 is 1.99. The van der Waals surface area contributed by atoms with Gasteiger partial charge in [0.25, 0.3) is 0 Å². The van der Waals surface area contributed by atoms with E-state index < -0.39 is 0 Å². The molecule has 1 aliphatic heterocycles. The number of benzene rings is 1. The molecule has 0 aliphatic carbocycles. The standard InChI is InChI=1S/C18H27FN4OS.HI/c1-2-20-18(23-13-16-7-4-10-25-16)22-9-8-21-17(24)12-14-5-3-6-15(19)11-14;/h3,5-6,11,16H,2,4,7-10,12-13H2,1H3,(H,21,24)(H2,20,22,23);1H. The second-order valence-corrected chi connectivity index (χ2v) is 7.35. The molecule has 0 saturated carbocycles. The minimum Gasteiger partial charge on any atom is -0.357 e. The number of rotatable bonds is 8. The SMILES string of the molecule is CCNC(=NCC1CCCS1)NCCNC(=O)Cc1cccc(F)c1.I. The molecule has 1 heterocycles. The number of hydrogen-bond donors (Lipinski definition) is 3. The zero-order valence-corrected chi connectivity index (χ0v) is 18.2. The Bertz CT molecular complexity index is 582. The summed E-state index contributed by atoms with van der Waals surface area (Å²) < 4.78 is 13.1. The van der Waals surface area contributed by atoms with Gasteiger partial charge in [0.2, 0.25) is 5.91 Å². The molecular formula is C18H28FIN4OS. The first-order valence-corrected chi connectivity index (χ1v) is 9.87. The van der Waals surface area contributed by atoms with E-state index in [-0.39, 0.29) is 42.1 Å². The molecule has 1 amide bonds. The van der Waals surface area contributed by atoms with E-state index in [1.54, 1.807) is 12.1 Å². The third-order valence-corrected chi connectivity index (χ3v) is 5.20. The van der Waals surface area contributed by atoms with Crippen LogP contribution in [0.25, 0.3) is 0 Å². The third-order valence-electron chi connectivity index (χ3n) is 3.81. The number of carbonyl (C=O) groups excluding carboxylic acids is 1. The van der Waals surface area contributed by atoms with E-state index in [0.29, 0.717) is 23.9 Å². The Morgan fingerprint density at radius 3 is 2.81 bits per heavy atom. The van der Waals surface area contributed by atoms with Crippen LogP contribution in [0.4, 0.5) is 4.39 Å². The van der Waals surface area contributed by atoms with Gasteiger partial charge in [-0.1, -0.05) is 12.1 Å². The number of guanidine groups is 1. The number of hydrogen-bond acceptors (Lipinski definition) is 3. The predicted octanol–water partition coefficient (Wildman–Crippen LogP) is 2.55. The average molecular weight is 494 g/mol. The topological polar surface area (TPSA) is 65.5 Å². The molecule has 1 unspecified atom stereocenters. The molecule has 1 aromatic carbocycles. The highest BCUT2D eigenvalue weighted by molar-refractivity contribution is 14.0. The van der Waals surface area contributed by atoms with Crippen LogP contribution >= 0.6 is 35.7 Å². The number of nitrogens with zero attached hydrogens (tertiary/aromatic N) is 1. The van der Waals surface area contributed by atoms with Crippen LogP contribution in [0.15, 0.2) is 29.3 Å². The van der Waals surface area contributed by atoms with Gasteiger partial charge in [-0.2, -0.15) is 11.8 Å². The lowest BCUT2D eigenvalue weighted by Gasteiger charge is -2.13. The molecule has 8 heteroatoms. The van der Waals surface area contributed by atoms with Gasteiger partial charge < -0.3 is 16.0 Å². The maximum absolute atomic E-state index is 13.1. The van der Waals surface area contributed by atoms with Gasteiger partial charge in [0.1, 0.15) is 5.82 Å². The lowest BCUT2D eigenvalue weighted by atomic mass is 10.1. The van der Waals surface area contributed by atoms with Crippen LogP contribution in [-0.2, 0) is 11.2 Å². The molecule has 146 valence electrons. The van der Waals surface area contributed by atoms with Crippen LogP contribution < -0.4 is 16.0 Å². The molecule has 0 spiro atoms. The van der Waals surface area contributed by atoms with E-state index in [1.165, 1.54) is 30.7 Å². The fraction of sp³-hybridized carbons (Fsp3) is 0.556. The van der Waals surface area contributed by atoms with Crippen LogP contribution in [0.1, 0.15) is 25.3 Å². The molecule has 3 N–H and O–H groups in total.